The fraction of sp³-hybridized carbons (Fsp3) is 0.457. The van der Waals surface area contributed by atoms with E-state index < -0.39 is 11.6 Å². The van der Waals surface area contributed by atoms with E-state index in [9.17, 15) is 9.50 Å². The number of terminal acetylenes is 1. The number of fused-ring (bicyclic) bond motifs is 3. The Morgan fingerprint density at radius 2 is 2.02 bits per heavy atom. The molecule has 1 unspecified atom stereocenters. The first kappa shape index (κ1) is 29.6. The van der Waals surface area contributed by atoms with Gasteiger partial charge >= 0.3 is 6.01 Å². The molecule has 0 amide bonds. The van der Waals surface area contributed by atoms with Crippen molar-refractivity contribution >= 4 is 27.5 Å². The van der Waals surface area contributed by atoms with Gasteiger partial charge in [0, 0.05) is 41.7 Å². The van der Waals surface area contributed by atoms with Gasteiger partial charge in [0.05, 0.1) is 30.8 Å². The second-order valence-electron chi connectivity index (χ2n) is 12.9. The normalized spacial score (nSPS) is 24.0. The summed E-state index contributed by atoms with van der Waals surface area (Å²) < 4.78 is 43.9. The van der Waals surface area contributed by atoms with Crippen LogP contribution in [0, 0.1) is 35.3 Å². The maximum atomic E-state index is 16.8. The molecule has 3 aliphatic rings. The molecule has 0 spiro atoms. The van der Waals surface area contributed by atoms with E-state index in [-0.39, 0.29) is 50.8 Å². The molecular weight excluding hydrogens is 576 g/mol. The molecule has 4 heterocycles. The molecule has 234 valence electrons. The van der Waals surface area contributed by atoms with E-state index in [1.165, 1.54) is 30.5 Å². The van der Waals surface area contributed by atoms with Crippen LogP contribution in [0.3, 0.4) is 0 Å². The third-order valence-electron chi connectivity index (χ3n) is 9.90. The number of benzene rings is 2. The Morgan fingerprint density at radius 1 is 1.18 bits per heavy atom. The topological polar surface area (TPSA) is 83.8 Å². The molecule has 2 aliphatic heterocycles. The van der Waals surface area contributed by atoms with E-state index in [1.807, 2.05) is 0 Å². The average Bonchev–Trinajstić information content (AvgIpc) is 3.35. The predicted octanol–water partition coefficient (Wildman–Crippen LogP) is 5.93. The number of likely N-dealkylation sites (tertiary alicyclic amines) is 1. The fourth-order valence-electron chi connectivity index (χ4n) is 7.82. The lowest BCUT2D eigenvalue weighted by Gasteiger charge is -2.44. The second-order valence-corrected chi connectivity index (χ2v) is 12.9. The lowest BCUT2D eigenvalue weighted by Crippen LogP contribution is -2.50. The monoisotopic (exact) mass is 613 g/mol. The van der Waals surface area contributed by atoms with Gasteiger partial charge in [-0.25, -0.2) is 8.78 Å². The molecule has 45 heavy (non-hydrogen) atoms. The fourth-order valence-corrected chi connectivity index (χ4v) is 7.82. The van der Waals surface area contributed by atoms with Gasteiger partial charge in [0.2, 0.25) is 0 Å². The molecule has 3 fully saturated rings. The summed E-state index contributed by atoms with van der Waals surface area (Å²) >= 11 is 0. The first-order valence-corrected chi connectivity index (χ1v) is 15.7. The van der Waals surface area contributed by atoms with Crippen molar-refractivity contribution in [2.75, 3.05) is 51.4 Å². The van der Waals surface area contributed by atoms with Crippen LogP contribution in [-0.2, 0) is 4.74 Å². The minimum Gasteiger partial charge on any atom is -0.508 e. The van der Waals surface area contributed by atoms with Crippen LogP contribution in [0.5, 0.6) is 11.8 Å². The van der Waals surface area contributed by atoms with Crippen molar-refractivity contribution in [3.63, 3.8) is 0 Å². The summed E-state index contributed by atoms with van der Waals surface area (Å²) in [7, 11) is 2.18. The molecular formula is C35H37F2N5O3. The highest BCUT2D eigenvalue weighted by Crippen LogP contribution is 2.47. The van der Waals surface area contributed by atoms with Crippen LogP contribution in [-0.4, -0.2) is 77.5 Å². The van der Waals surface area contributed by atoms with E-state index in [4.69, 9.17) is 20.9 Å². The quantitative estimate of drug-likeness (QED) is 0.278. The Balaban J connectivity index is 1.38. The average molecular weight is 614 g/mol. The van der Waals surface area contributed by atoms with Crippen LogP contribution >= 0.6 is 0 Å². The molecule has 2 aromatic carbocycles. The number of ether oxygens (including phenoxy) is 2. The van der Waals surface area contributed by atoms with Gasteiger partial charge in [-0.05, 0) is 68.8 Å². The molecule has 0 bridgehead atoms. The third kappa shape index (κ3) is 5.22. The van der Waals surface area contributed by atoms with Crippen LogP contribution < -0.4 is 9.64 Å². The van der Waals surface area contributed by atoms with Crippen molar-refractivity contribution in [1.29, 1.82) is 0 Å². The van der Waals surface area contributed by atoms with E-state index in [2.05, 4.69) is 39.7 Å². The Kier molecular flexibility index (Phi) is 7.70. The largest absolute Gasteiger partial charge is 0.508 e. The highest BCUT2D eigenvalue weighted by atomic mass is 19.1. The summed E-state index contributed by atoms with van der Waals surface area (Å²) in [4.78, 5) is 18.5. The molecule has 2 aromatic heterocycles. The summed E-state index contributed by atoms with van der Waals surface area (Å²) in [6.07, 6.45) is 12.8. The predicted molar refractivity (Wildman–Crippen MR) is 169 cm³/mol. The molecule has 0 radical (unpaired) electrons. The van der Waals surface area contributed by atoms with Crippen LogP contribution in [0.1, 0.15) is 44.6 Å². The summed E-state index contributed by atoms with van der Waals surface area (Å²) in [6, 6.07) is 6.10. The molecule has 1 saturated carbocycles. The van der Waals surface area contributed by atoms with Crippen LogP contribution in [0.4, 0.5) is 14.6 Å². The van der Waals surface area contributed by atoms with E-state index in [0.717, 1.165) is 38.6 Å². The van der Waals surface area contributed by atoms with Crippen LogP contribution in [0.15, 0.2) is 30.5 Å². The maximum absolute atomic E-state index is 16.8. The molecule has 1 N–H and O–H groups in total. The van der Waals surface area contributed by atoms with Gasteiger partial charge < -0.3 is 24.4 Å². The Morgan fingerprint density at radius 3 is 2.87 bits per heavy atom. The van der Waals surface area contributed by atoms with Crippen molar-refractivity contribution in [1.82, 2.24) is 19.9 Å². The number of aromatic hydroxyl groups is 1. The Hall–Kier alpha value is -4.07. The highest BCUT2D eigenvalue weighted by molar-refractivity contribution is 6.03. The molecule has 3 atom stereocenters. The van der Waals surface area contributed by atoms with Gasteiger partial charge in [0.25, 0.3) is 0 Å². The van der Waals surface area contributed by atoms with E-state index >= 15 is 4.39 Å². The van der Waals surface area contributed by atoms with Gasteiger partial charge in [-0.2, -0.15) is 9.97 Å². The number of rotatable bonds is 5. The molecule has 10 heteroatoms. The van der Waals surface area contributed by atoms with E-state index in [1.54, 1.807) is 0 Å². The summed E-state index contributed by atoms with van der Waals surface area (Å²) in [5, 5.41) is 11.7. The van der Waals surface area contributed by atoms with Gasteiger partial charge in [0.1, 0.15) is 28.6 Å². The molecule has 8 nitrogen and oxygen atoms in total. The Bertz CT molecular complexity index is 1830. The minimum atomic E-state index is -0.728. The third-order valence-corrected chi connectivity index (χ3v) is 9.90. The van der Waals surface area contributed by atoms with Gasteiger partial charge in [-0.15, -0.1) is 6.42 Å². The minimum absolute atomic E-state index is 0.00850. The SMILES string of the molecule is C#Cc1c(F)ccc2cc(O)cc(-c3ncc4c(N5CCOCC(C)C5)nc(OC[C@]56CCC[C@H]5N(C)CCC6)nc4c3F)c12. The summed E-state index contributed by atoms with van der Waals surface area (Å²) in [5.74, 6) is 1.68. The van der Waals surface area contributed by atoms with E-state index in [0.29, 0.717) is 55.5 Å². The number of halogens is 2. The van der Waals surface area contributed by atoms with Crippen molar-refractivity contribution in [2.45, 2.75) is 45.1 Å². The zero-order valence-corrected chi connectivity index (χ0v) is 25.7. The summed E-state index contributed by atoms with van der Waals surface area (Å²) in [6.45, 7) is 5.99. The number of aromatic nitrogens is 3. The van der Waals surface area contributed by atoms with Gasteiger partial charge in [0.15, 0.2) is 5.82 Å². The van der Waals surface area contributed by atoms with Crippen molar-refractivity contribution < 1.29 is 23.4 Å². The zero-order valence-electron chi connectivity index (χ0n) is 25.7. The maximum Gasteiger partial charge on any atom is 0.319 e. The number of pyridine rings is 1. The number of hydrogen-bond donors (Lipinski definition) is 1. The lowest BCUT2D eigenvalue weighted by molar-refractivity contribution is 0.0133. The smallest absolute Gasteiger partial charge is 0.319 e. The van der Waals surface area contributed by atoms with Gasteiger partial charge in [-0.3, -0.25) is 4.98 Å². The number of piperidine rings is 1. The van der Waals surface area contributed by atoms with Crippen molar-refractivity contribution in [2.24, 2.45) is 11.3 Å². The van der Waals surface area contributed by atoms with Crippen LogP contribution in [0.2, 0.25) is 0 Å². The standard InChI is InChI=1S/C35H37F2N5O3/c1-4-24-27(36)9-8-22-15-23(43)16-25(29(22)24)31-30(37)32-26(17-38-31)33(42-13-14-44-19-21(2)18-42)40-34(39-32)45-20-35-10-5-7-28(35)41(3)12-6-11-35/h1,8-9,15-17,21,28,43H,5-7,10-14,18-20H2,2-3H3/t21?,28-,35-/m1/s1. The second kappa shape index (κ2) is 11.7. The first-order chi connectivity index (χ1) is 21.8. The number of anilines is 1. The number of nitrogens with zero attached hydrogens (tertiary/aromatic N) is 5. The van der Waals surface area contributed by atoms with Crippen LogP contribution in [0.25, 0.3) is 32.9 Å². The zero-order chi connectivity index (χ0) is 31.3. The lowest BCUT2D eigenvalue weighted by atomic mass is 9.76. The molecule has 4 aromatic rings. The number of phenolic OH excluding ortho intramolecular Hbond substituents is 1. The summed E-state index contributed by atoms with van der Waals surface area (Å²) in [5.41, 5.74) is 0.0900. The van der Waals surface area contributed by atoms with Gasteiger partial charge in [-0.1, -0.05) is 25.3 Å². The number of phenols is 1. The Labute approximate surface area is 261 Å². The highest BCUT2D eigenvalue weighted by Gasteiger charge is 2.47. The molecule has 7 rings (SSSR count). The molecule has 2 saturated heterocycles. The van der Waals surface area contributed by atoms with Crippen molar-refractivity contribution in [3.05, 3.63) is 47.7 Å². The van der Waals surface area contributed by atoms with Crippen molar-refractivity contribution in [3.8, 4) is 35.4 Å². The number of hydrogen-bond acceptors (Lipinski definition) is 8. The first-order valence-electron chi connectivity index (χ1n) is 15.7. The molecule has 1 aliphatic carbocycles.